The number of fused-ring (bicyclic) bond motifs is 1. The van der Waals surface area contributed by atoms with E-state index in [0.29, 0.717) is 24.2 Å². The molecular formula is C18H22N4O4S. The van der Waals surface area contributed by atoms with Crippen molar-refractivity contribution in [3.05, 3.63) is 40.6 Å². The number of rotatable bonds is 4. The average Bonchev–Trinajstić information content (AvgIpc) is 3.05. The van der Waals surface area contributed by atoms with Crippen molar-refractivity contribution in [1.82, 2.24) is 15.1 Å². The summed E-state index contributed by atoms with van der Waals surface area (Å²) in [4.78, 5) is 24.2. The fraction of sp³-hybridized carbons (Fsp3) is 0.389. The van der Waals surface area contributed by atoms with Crippen molar-refractivity contribution in [3.8, 4) is 5.69 Å². The maximum Gasteiger partial charge on any atom is 0.314 e. The van der Waals surface area contributed by atoms with Crippen LogP contribution >= 0.6 is 0 Å². The maximum atomic E-state index is 12.3. The summed E-state index contributed by atoms with van der Waals surface area (Å²) in [7, 11) is -3.30. The maximum absolute atomic E-state index is 12.3. The molecule has 2 N–H and O–H groups in total. The average molecular weight is 390 g/mol. The Hall–Kier alpha value is -2.68. The first-order valence-electron chi connectivity index (χ1n) is 8.70. The molecule has 2 heterocycles. The molecule has 0 fully saturated rings. The van der Waals surface area contributed by atoms with Crippen LogP contribution in [-0.4, -0.2) is 36.6 Å². The predicted octanol–water partition coefficient (Wildman–Crippen LogP) is 1.38. The Morgan fingerprint density at radius 1 is 1.19 bits per heavy atom. The second-order valence-corrected chi connectivity index (χ2v) is 8.78. The van der Waals surface area contributed by atoms with Crippen LogP contribution < -0.4 is 10.6 Å². The monoisotopic (exact) mass is 390 g/mol. The van der Waals surface area contributed by atoms with Gasteiger partial charge in [-0.15, -0.1) is 0 Å². The minimum absolute atomic E-state index is 0.175. The first-order valence-corrected chi connectivity index (χ1v) is 10.5. The van der Waals surface area contributed by atoms with Gasteiger partial charge >= 0.3 is 11.8 Å². The normalized spacial score (nSPS) is 14.6. The molecule has 1 aromatic carbocycles. The largest absolute Gasteiger partial charge is 0.348 e. The lowest BCUT2D eigenvalue weighted by molar-refractivity contribution is -0.136. The molecule has 0 spiro atoms. The summed E-state index contributed by atoms with van der Waals surface area (Å²) in [6.07, 6.45) is 0.702. The van der Waals surface area contributed by atoms with E-state index in [0.717, 1.165) is 16.8 Å². The molecule has 27 heavy (non-hydrogen) atoms. The number of nitrogens with zero attached hydrogens (tertiary/aromatic N) is 2. The van der Waals surface area contributed by atoms with Gasteiger partial charge in [-0.3, -0.25) is 9.59 Å². The van der Waals surface area contributed by atoms with Crippen LogP contribution in [0.15, 0.2) is 18.2 Å². The van der Waals surface area contributed by atoms with E-state index in [2.05, 4.69) is 15.7 Å². The van der Waals surface area contributed by atoms with E-state index in [-0.39, 0.29) is 17.3 Å². The number of anilines is 1. The van der Waals surface area contributed by atoms with Crippen molar-refractivity contribution in [3.63, 3.8) is 0 Å². The Balaban J connectivity index is 2.03. The van der Waals surface area contributed by atoms with Gasteiger partial charge in [-0.05, 0) is 31.9 Å². The molecule has 2 aromatic rings. The molecule has 3 rings (SSSR count). The predicted molar refractivity (Wildman–Crippen MR) is 101 cm³/mol. The lowest BCUT2D eigenvalue weighted by atomic mass is 10.1. The van der Waals surface area contributed by atoms with Gasteiger partial charge in [0.15, 0.2) is 9.84 Å². The Morgan fingerprint density at radius 2 is 1.93 bits per heavy atom. The zero-order chi connectivity index (χ0) is 19.8. The van der Waals surface area contributed by atoms with Gasteiger partial charge in [0.2, 0.25) is 0 Å². The molecule has 9 heteroatoms. The lowest BCUT2D eigenvalue weighted by Gasteiger charge is -2.13. The van der Waals surface area contributed by atoms with E-state index in [1.807, 2.05) is 39.0 Å². The van der Waals surface area contributed by atoms with Crippen molar-refractivity contribution in [1.29, 1.82) is 0 Å². The fourth-order valence-electron chi connectivity index (χ4n) is 3.07. The second kappa shape index (κ2) is 7.15. The Kier molecular flexibility index (Phi) is 5.05. The topological polar surface area (TPSA) is 110 Å². The molecule has 1 aliphatic rings. The molecule has 0 aliphatic carbocycles. The first kappa shape index (κ1) is 19.1. The minimum Gasteiger partial charge on any atom is -0.348 e. The summed E-state index contributed by atoms with van der Waals surface area (Å²) in [6.45, 7) is 6.14. The summed E-state index contributed by atoms with van der Waals surface area (Å²) < 4.78 is 25.5. The standard InChI is InChI=1S/C18H22N4O4S/c1-4-7-19-17(23)18(24)20-16-13-9-27(25,26)10-14(13)21-22(16)15-6-5-11(2)8-12(15)3/h5-6,8H,4,7,9-10H2,1-3H3,(H,19,23)(H,20,24). The van der Waals surface area contributed by atoms with E-state index < -0.39 is 21.7 Å². The van der Waals surface area contributed by atoms with Crippen molar-refractivity contribution in [2.24, 2.45) is 0 Å². The van der Waals surface area contributed by atoms with Crippen LogP contribution in [0.5, 0.6) is 0 Å². The smallest absolute Gasteiger partial charge is 0.314 e. The van der Waals surface area contributed by atoms with Crippen LogP contribution in [0, 0.1) is 13.8 Å². The van der Waals surface area contributed by atoms with Crippen molar-refractivity contribution in [2.75, 3.05) is 11.9 Å². The van der Waals surface area contributed by atoms with Crippen LogP contribution in [0.4, 0.5) is 5.82 Å². The molecule has 0 saturated carbocycles. The number of aryl methyl sites for hydroxylation is 2. The van der Waals surface area contributed by atoms with E-state index in [9.17, 15) is 18.0 Å². The number of carbonyl (C=O) groups excluding carboxylic acids is 2. The van der Waals surface area contributed by atoms with Gasteiger partial charge in [0.25, 0.3) is 0 Å². The SMILES string of the molecule is CCCNC(=O)C(=O)Nc1c2c(nn1-c1ccc(C)cc1C)CS(=O)(=O)C2. The number of hydrogen-bond donors (Lipinski definition) is 2. The molecule has 0 bridgehead atoms. The highest BCUT2D eigenvalue weighted by atomic mass is 32.2. The summed E-state index contributed by atoms with van der Waals surface area (Å²) in [5.41, 5.74) is 3.55. The third-order valence-electron chi connectivity index (χ3n) is 4.34. The van der Waals surface area contributed by atoms with Gasteiger partial charge in [-0.25, -0.2) is 13.1 Å². The van der Waals surface area contributed by atoms with Crippen LogP contribution in [-0.2, 0) is 30.9 Å². The summed E-state index contributed by atoms with van der Waals surface area (Å²) in [5.74, 6) is -1.76. The number of hydrogen-bond acceptors (Lipinski definition) is 5. The van der Waals surface area contributed by atoms with Gasteiger partial charge in [-0.1, -0.05) is 24.6 Å². The number of nitrogens with one attached hydrogen (secondary N) is 2. The van der Waals surface area contributed by atoms with Gasteiger partial charge in [-0.2, -0.15) is 5.10 Å². The molecule has 0 radical (unpaired) electrons. The number of amides is 2. The molecule has 0 atom stereocenters. The molecule has 144 valence electrons. The van der Waals surface area contributed by atoms with Crippen LogP contribution in [0.25, 0.3) is 5.69 Å². The van der Waals surface area contributed by atoms with Crippen molar-refractivity contribution in [2.45, 2.75) is 38.7 Å². The highest BCUT2D eigenvalue weighted by Gasteiger charge is 2.34. The third kappa shape index (κ3) is 3.87. The zero-order valence-corrected chi connectivity index (χ0v) is 16.3. The van der Waals surface area contributed by atoms with Crippen molar-refractivity contribution >= 4 is 27.5 Å². The Bertz CT molecular complexity index is 1020. The van der Waals surface area contributed by atoms with Gasteiger partial charge in [0.05, 0.1) is 22.9 Å². The molecule has 1 aliphatic heterocycles. The molecule has 0 saturated heterocycles. The van der Waals surface area contributed by atoms with Crippen LogP contribution in [0.1, 0.15) is 35.7 Å². The van der Waals surface area contributed by atoms with E-state index in [1.165, 1.54) is 4.68 Å². The minimum atomic E-state index is -3.30. The van der Waals surface area contributed by atoms with Crippen LogP contribution in [0.2, 0.25) is 0 Å². The molecule has 8 nitrogen and oxygen atoms in total. The van der Waals surface area contributed by atoms with Gasteiger partial charge < -0.3 is 10.6 Å². The number of sulfone groups is 1. The van der Waals surface area contributed by atoms with E-state index >= 15 is 0 Å². The summed E-state index contributed by atoms with van der Waals surface area (Å²) in [5, 5.41) is 9.48. The quantitative estimate of drug-likeness (QED) is 0.767. The summed E-state index contributed by atoms with van der Waals surface area (Å²) in [6, 6.07) is 5.73. The Labute approximate surface area is 157 Å². The zero-order valence-electron chi connectivity index (χ0n) is 15.5. The first-order chi connectivity index (χ1) is 12.7. The van der Waals surface area contributed by atoms with Gasteiger partial charge in [0.1, 0.15) is 5.82 Å². The van der Waals surface area contributed by atoms with E-state index in [4.69, 9.17) is 0 Å². The highest BCUT2D eigenvalue weighted by Crippen LogP contribution is 2.33. The third-order valence-corrected chi connectivity index (χ3v) is 5.78. The molecule has 1 aromatic heterocycles. The molecular weight excluding hydrogens is 368 g/mol. The summed E-state index contributed by atoms with van der Waals surface area (Å²) >= 11 is 0. The van der Waals surface area contributed by atoms with Crippen LogP contribution in [0.3, 0.4) is 0 Å². The number of aromatic nitrogens is 2. The van der Waals surface area contributed by atoms with Crippen molar-refractivity contribution < 1.29 is 18.0 Å². The molecule has 2 amide bonds. The number of benzene rings is 1. The number of carbonyl (C=O) groups is 2. The highest BCUT2D eigenvalue weighted by molar-refractivity contribution is 7.90. The van der Waals surface area contributed by atoms with E-state index in [1.54, 1.807) is 0 Å². The van der Waals surface area contributed by atoms with Gasteiger partial charge in [0, 0.05) is 12.1 Å². The lowest BCUT2D eigenvalue weighted by Crippen LogP contribution is -2.36. The second-order valence-electron chi connectivity index (χ2n) is 6.72. The molecule has 0 unspecified atom stereocenters. The Morgan fingerprint density at radius 3 is 2.59 bits per heavy atom. The fourth-order valence-corrected chi connectivity index (χ4v) is 4.57.